The van der Waals surface area contributed by atoms with E-state index in [0.29, 0.717) is 0 Å². The lowest BCUT2D eigenvalue weighted by Crippen LogP contribution is -2.37. The summed E-state index contributed by atoms with van der Waals surface area (Å²) in [7, 11) is -1.16. The van der Waals surface area contributed by atoms with Crippen LogP contribution in [0.4, 0.5) is 0 Å². The Bertz CT molecular complexity index is 99.2. The number of hydrogen-bond acceptors (Lipinski definition) is 2. The van der Waals surface area contributed by atoms with Gasteiger partial charge in [-0.05, 0) is 6.04 Å². The molecule has 2 nitrogen and oxygen atoms in total. The maximum Gasteiger partial charge on any atom is 0.116 e. The second-order valence-corrected chi connectivity index (χ2v) is 7.44. The van der Waals surface area contributed by atoms with E-state index in [1.54, 1.807) is 6.07 Å². The molecular weight excluding hydrogens is 140 g/mol. The molecule has 0 fully saturated rings. The van der Waals surface area contributed by atoms with Gasteiger partial charge in [0.05, 0.1) is 6.07 Å². The van der Waals surface area contributed by atoms with Gasteiger partial charge in [0.1, 0.15) is 8.24 Å². The van der Waals surface area contributed by atoms with Crippen LogP contribution < -0.4 is 5.40 Å². The Labute approximate surface area is 65.1 Å². The standard InChI is InChI=1S/C5H15NSi.C2H3N/c1-4-5-7(2,3)6;1-2-3/h4-6H2,1-3H3;1H3. The minimum Gasteiger partial charge on any atom is -0.351 e. The molecule has 0 aliphatic rings. The van der Waals surface area contributed by atoms with Crippen LogP contribution in [0.15, 0.2) is 0 Å². The molecule has 0 aromatic rings. The first kappa shape index (κ1) is 12.4. The zero-order valence-electron chi connectivity index (χ0n) is 7.44. The van der Waals surface area contributed by atoms with Crippen LogP contribution in [0.5, 0.6) is 0 Å². The SMILES string of the molecule is CC#N.CCC[Si](C)(C)N. The third kappa shape index (κ3) is 25.3. The molecule has 0 bridgehead atoms. The third-order valence-corrected chi connectivity index (χ3v) is 2.68. The van der Waals surface area contributed by atoms with Crippen molar-refractivity contribution in [3.63, 3.8) is 0 Å². The van der Waals surface area contributed by atoms with E-state index in [9.17, 15) is 0 Å². The van der Waals surface area contributed by atoms with Gasteiger partial charge in [-0.1, -0.05) is 26.4 Å². The molecule has 0 rings (SSSR count). The molecule has 2 N–H and O–H groups in total. The van der Waals surface area contributed by atoms with Gasteiger partial charge >= 0.3 is 0 Å². The van der Waals surface area contributed by atoms with Gasteiger partial charge in [0.25, 0.3) is 0 Å². The van der Waals surface area contributed by atoms with Crippen LogP contribution >= 0.6 is 0 Å². The first-order valence-electron chi connectivity index (χ1n) is 3.57. The minimum absolute atomic E-state index is 1.16. The quantitative estimate of drug-likeness (QED) is 0.626. The maximum absolute atomic E-state index is 7.32. The summed E-state index contributed by atoms with van der Waals surface area (Å²) < 4.78 is 0. The van der Waals surface area contributed by atoms with Crippen molar-refractivity contribution in [3.05, 3.63) is 0 Å². The molecule has 3 heteroatoms. The Kier molecular flexibility index (Phi) is 8.38. The molecule has 0 unspecified atom stereocenters. The Morgan fingerprint density at radius 1 is 1.50 bits per heavy atom. The summed E-state index contributed by atoms with van der Waals surface area (Å²) >= 11 is 0. The van der Waals surface area contributed by atoms with Crippen molar-refractivity contribution >= 4 is 8.24 Å². The van der Waals surface area contributed by atoms with Gasteiger partial charge in [-0.2, -0.15) is 5.26 Å². The van der Waals surface area contributed by atoms with E-state index in [2.05, 4.69) is 20.0 Å². The van der Waals surface area contributed by atoms with Gasteiger partial charge in [0, 0.05) is 6.92 Å². The first-order valence-corrected chi connectivity index (χ1v) is 6.86. The lowest BCUT2D eigenvalue weighted by Gasteiger charge is -2.12. The number of rotatable bonds is 2. The van der Waals surface area contributed by atoms with Crippen molar-refractivity contribution in [2.24, 2.45) is 5.40 Å². The zero-order chi connectivity index (χ0) is 8.62. The van der Waals surface area contributed by atoms with Gasteiger partial charge in [-0.15, -0.1) is 0 Å². The topological polar surface area (TPSA) is 49.8 Å². The van der Waals surface area contributed by atoms with Crippen molar-refractivity contribution in [1.29, 1.82) is 5.26 Å². The van der Waals surface area contributed by atoms with Gasteiger partial charge in [-0.3, -0.25) is 0 Å². The molecule has 0 saturated heterocycles. The number of nitrogens with zero attached hydrogens (tertiary/aromatic N) is 1. The van der Waals surface area contributed by atoms with Crippen molar-refractivity contribution in [1.82, 2.24) is 0 Å². The van der Waals surface area contributed by atoms with E-state index in [1.807, 2.05) is 0 Å². The molecule has 0 radical (unpaired) electrons. The highest BCUT2D eigenvalue weighted by Crippen LogP contribution is 2.02. The van der Waals surface area contributed by atoms with Crippen LogP contribution in [-0.4, -0.2) is 8.24 Å². The van der Waals surface area contributed by atoms with Crippen molar-refractivity contribution in [2.45, 2.75) is 39.4 Å². The van der Waals surface area contributed by atoms with Crippen molar-refractivity contribution in [3.8, 4) is 6.07 Å². The first-order chi connectivity index (χ1) is 4.47. The second-order valence-electron chi connectivity index (χ2n) is 2.96. The zero-order valence-corrected chi connectivity index (χ0v) is 8.44. The Morgan fingerprint density at radius 3 is 1.80 bits per heavy atom. The molecule has 0 aliphatic heterocycles. The van der Waals surface area contributed by atoms with Crippen LogP contribution in [-0.2, 0) is 0 Å². The number of hydrogen-bond donors (Lipinski definition) is 1. The highest BCUT2D eigenvalue weighted by atomic mass is 28.3. The third-order valence-electron chi connectivity index (χ3n) is 0.894. The molecule has 0 amide bonds. The molecular formula is C7H18N2Si. The summed E-state index contributed by atoms with van der Waals surface area (Å²) in [5.74, 6) is 0. The lowest BCUT2D eigenvalue weighted by atomic mass is 10.6. The lowest BCUT2D eigenvalue weighted by molar-refractivity contribution is 1.04. The average Bonchev–Trinajstić information content (AvgIpc) is 1.63. The predicted molar refractivity (Wildman–Crippen MR) is 48.1 cm³/mol. The molecule has 0 saturated carbocycles. The average molecular weight is 158 g/mol. The Morgan fingerprint density at radius 2 is 1.80 bits per heavy atom. The fourth-order valence-electron chi connectivity index (χ4n) is 0.644. The van der Waals surface area contributed by atoms with E-state index < -0.39 is 8.24 Å². The van der Waals surface area contributed by atoms with Crippen LogP contribution in [0, 0.1) is 11.3 Å². The summed E-state index contributed by atoms with van der Waals surface area (Å²) in [5, 5.41) is 13.1. The Hall–Kier alpha value is -0.333. The largest absolute Gasteiger partial charge is 0.351 e. The van der Waals surface area contributed by atoms with Crippen molar-refractivity contribution < 1.29 is 0 Å². The van der Waals surface area contributed by atoms with Gasteiger partial charge < -0.3 is 5.40 Å². The highest BCUT2D eigenvalue weighted by Gasteiger charge is 2.10. The van der Waals surface area contributed by atoms with Gasteiger partial charge in [-0.25, -0.2) is 0 Å². The van der Waals surface area contributed by atoms with Crippen LogP contribution in [0.3, 0.4) is 0 Å². The van der Waals surface area contributed by atoms with E-state index in [0.717, 1.165) is 0 Å². The van der Waals surface area contributed by atoms with Gasteiger partial charge in [0.2, 0.25) is 0 Å². The van der Waals surface area contributed by atoms with E-state index in [4.69, 9.17) is 10.7 Å². The molecule has 0 heterocycles. The summed E-state index contributed by atoms with van der Waals surface area (Å²) in [5.41, 5.74) is 0. The van der Waals surface area contributed by atoms with Gasteiger partial charge in [0.15, 0.2) is 0 Å². The molecule has 0 aromatic carbocycles. The molecule has 0 aliphatic carbocycles. The molecule has 0 spiro atoms. The number of nitrogens with two attached hydrogens (primary N) is 1. The fourth-order valence-corrected chi connectivity index (χ4v) is 1.93. The summed E-state index contributed by atoms with van der Waals surface area (Å²) in [6.45, 7) is 7.99. The normalized spacial score (nSPS) is 9.20. The summed E-state index contributed by atoms with van der Waals surface area (Å²) in [4.78, 5) is 0. The van der Waals surface area contributed by atoms with Crippen LogP contribution in [0.2, 0.25) is 19.1 Å². The molecule has 0 aromatic heterocycles. The summed E-state index contributed by atoms with van der Waals surface area (Å²) in [6, 6.07) is 3.01. The Balaban J connectivity index is 0. The molecule has 60 valence electrons. The highest BCUT2D eigenvalue weighted by molar-refractivity contribution is 6.74. The fraction of sp³-hybridized carbons (Fsp3) is 0.857. The monoisotopic (exact) mass is 158 g/mol. The predicted octanol–water partition coefficient (Wildman–Crippen LogP) is 2.09. The van der Waals surface area contributed by atoms with E-state index in [1.165, 1.54) is 19.4 Å². The molecule has 0 atom stereocenters. The second kappa shape index (κ2) is 6.78. The van der Waals surface area contributed by atoms with E-state index >= 15 is 0 Å². The number of nitriles is 1. The van der Waals surface area contributed by atoms with Crippen LogP contribution in [0.25, 0.3) is 0 Å². The van der Waals surface area contributed by atoms with Crippen molar-refractivity contribution in [2.75, 3.05) is 0 Å². The van der Waals surface area contributed by atoms with Crippen LogP contribution in [0.1, 0.15) is 20.3 Å². The summed E-state index contributed by atoms with van der Waals surface area (Å²) in [6.07, 6.45) is 1.25. The minimum atomic E-state index is -1.16. The molecule has 10 heavy (non-hydrogen) atoms. The van der Waals surface area contributed by atoms with E-state index in [-0.39, 0.29) is 0 Å². The smallest absolute Gasteiger partial charge is 0.116 e. The maximum atomic E-state index is 7.32.